The van der Waals surface area contributed by atoms with E-state index in [-0.39, 0.29) is 0 Å². The molecule has 1 aromatic rings. The summed E-state index contributed by atoms with van der Waals surface area (Å²) in [6.07, 6.45) is 2.41. The van der Waals surface area contributed by atoms with E-state index >= 15 is 0 Å². The molecule has 0 radical (unpaired) electrons. The van der Waals surface area contributed by atoms with E-state index in [1.165, 1.54) is 12.8 Å². The van der Waals surface area contributed by atoms with Gasteiger partial charge >= 0.3 is 0 Å². The first-order valence-electron chi connectivity index (χ1n) is 4.50. The maximum absolute atomic E-state index is 5.37. The minimum atomic E-state index is 0.556. The predicted octanol–water partition coefficient (Wildman–Crippen LogP) is 1.14. The molecule has 1 aliphatic rings. The lowest BCUT2D eigenvalue weighted by Crippen LogP contribution is -2.01. The second-order valence-electron chi connectivity index (χ2n) is 3.16. The monoisotopic (exact) mass is 199 g/mol. The fraction of sp³-hybridized carbons (Fsp3) is 0.750. The summed E-state index contributed by atoms with van der Waals surface area (Å²) < 4.78 is 5.11. The average molecular weight is 199 g/mol. The van der Waals surface area contributed by atoms with Gasteiger partial charge in [-0.15, -0.1) is 0 Å². The van der Waals surface area contributed by atoms with E-state index < -0.39 is 0 Å². The van der Waals surface area contributed by atoms with Gasteiger partial charge in [-0.2, -0.15) is 16.7 Å². The molecule has 1 fully saturated rings. The highest BCUT2D eigenvalue weighted by atomic mass is 32.2. The van der Waals surface area contributed by atoms with Crippen molar-refractivity contribution in [2.24, 2.45) is 5.73 Å². The smallest absolute Gasteiger partial charge is 0.229 e. The first-order valence-corrected chi connectivity index (χ1v) is 5.66. The highest BCUT2D eigenvalue weighted by Crippen LogP contribution is 2.38. The summed E-state index contributed by atoms with van der Waals surface area (Å²) in [4.78, 5) is 4.30. The number of hydrogen-bond acceptors (Lipinski definition) is 5. The van der Waals surface area contributed by atoms with Crippen LogP contribution in [0.2, 0.25) is 0 Å². The van der Waals surface area contributed by atoms with Crippen LogP contribution in [0, 0.1) is 0 Å². The van der Waals surface area contributed by atoms with E-state index in [9.17, 15) is 0 Å². The number of hydrogen-bond donors (Lipinski definition) is 1. The zero-order chi connectivity index (χ0) is 9.10. The van der Waals surface area contributed by atoms with E-state index in [2.05, 4.69) is 10.1 Å². The maximum Gasteiger partial charge on any atom is 0.229 e. The van der Waals surface area contributed by atoms with Crippen molar-refractivity contribution in [2.75, 3.05) is 12.3 Å². The number of nitrogens with two attached hydrogens (primary N) is 1. The normalized spacial score (nSPS) is 16.4. The Bertz CT molecular complexity index is 272. The fourth-order valence-corrected chi connectivity index (χ4v) is 1.68. The van der Waals surface area contributed by atoms with E-state index in [0.29, 0.717) is 12.5 Å². The molecule has 2 N–H and O–H groups in total. The van der Waals surface area contributed by atoms with Crippen molar-refractivity contribution in [3.05, 3.63) is 11.7 Å². The fourth-order valence-electron chi connectivity index (χ4n) is 1.07. The lowest BCUT2D eigenvalue weighted by molar-refractivity contribution is 0.375. The van der Waals surface area contributed by atoms with Crippen molar-refractivity contribution in [3.8, 4) is 0 Å². The first kappa shape index (κ1) is 9.02. The Balaban J connectivity index is 1.82. The Morgan fingerprint density at radius 3 is 3.08 bits per heavy atom. The Kier molecular flexibility index (Phi) is 2.85. The predicted molar refractivity (Wildman–Crippen MR) is 51.5 cm³/mol. The molecule has 1 aliphatic carbocycles. The molecule has 0 spiro atoms. The van der Waals surface area contributed by atoms with Gasteiger partial charge in [0.1, 0.15) is 0 Å². The van der Waals surface area contributed by atoms with E-state index in [4.69, 9.17) is 10.3 Å². The van der Waals surface area contributed by atoms with Crippen LogP contribution in [-0.2, 0) is 5.75 Å². The lowest BCUT2D eigenvalue weighted by atomic mass is 10.4. The molecule has 1 saturated carbocycles. The van der Waals surface area contributed by atoms with Gasteiger partial charge in [0, 0.05) is 18.2 Å². The zero-order valence-electron chi connectivity index (χ0n) is 7.40. The van der Waals surface area contributed by atoms with Gasteiger partial charge in [-0.25, -0.2) is 0 Å². The van der Waals surface area contributed by atoms with Crippen molar-refractivity contribution >= 4 is 11.8 Å². The highest BCUT2D eigenvalue weighted by Gasteiger charge is 2.29. The summed E-state index contributed by atoms with van der Waals surface area (Å²) in [5.74, 6) is 3.95. The van der Waals surface area contributed by atoms with Crippen LogP contribution >= 0.6 is 11.8 Å². The summed E-state index contributed by atoms with van der Waals surface area (Å²) in [5, 5.41) is 3.90. The van der Waals surface area contributed by atoms with Crippen LogP contribution in [0.15, 0.2) is 4.52 Å². The van der Waals surface area contributed by atoms with Crippen molar-refractivity contribution in [1.82, 2.24) is 10.1 Å². The summed E-state index contributed by atoms with van der Waals surface area (Å²) in [5.41, 5.74) is 5.37. The van der Waals surface area contributed by atoms with Gasteiger partial charge in [-0.1, -0.05) is 5.16 Å². The van der Waals surface area contributed by atoms with Crippen LogP contribution in [-0.4, -0.2) is 22.4 Å². The van der Waals surface area contributed by atoms with E-state index in [1.54, 1.807) is 11.8 Å². The number of thioether (sulfide) groups is 1. The van der Waals surface area contributed by atoms with Gasteiger partial charge in [0.15, 0.2) is 5.82 Å². The molecule has 1 heterocycles. The quantitative estimate of drug-likeness (QED) is 0.720. The van der Waals surface area contributed by atoms with Gasteiger partial charge in [-0.3, -0.25) is 0 Å². The number of aromatic nitrogens is 2. The van der Waals surface area contributed by atoms with Gasteiger partial charge in [0.2, 0.25) is 5.89 Å². The van der Waals surface area contributed by atoms with Crippen molar-refractivity contribution < 1.29 is 4.52 Å². The standard InChI is InChI=1S/C8H13N3OS/c9-3-4-13-5-7-10-8(12-11-7)6-1-2-6/h6H,1-5,9H2. The third kappa shape index (κ3) is 2.45. The minimum Gasteiger partial charge on any atom is -0.339 e. The lowest BCUT2D eigenvalue weighted by Gasteiger charge is -1.91. The van der Waals surface area contributed by atoms with Crippen molar-refractivity contribution in [2.45, 2.75) is 24.5 Å². The highest BCUT2D eigenvalue weighted by molar-refractivity contribution is 7.98. The molecular formula is C8H13N3OS. The molecular weight excluding hydrogens is 186 g/mol. The Morgan fingerprint density at radius 1 is 1.54 bits per heavy atom. The SMILES string of the molecule is NCCSCc1noc(C2CC2)n1. The van der Waals surface area contributed by atoms with Gasteiger partial charge < -0.3 is 10.3 Å². The molecule has 0 saturated heterocycles. The van der Waals surface area contributed by atoms with E-state index in [1.807, 2.05) is 0 Å². The second-order valence-corrected chi connectivity index (χ2v) is 4.27. The van der Waals surface area contributed by atoms with Crippen LogP contribution in [0.4, 0.5) is 0 Å². The summed E-state index contributed by atoms with van der Waals surface area (Å²) in [7, 11) is 0. The molecule has 0 aromatic carbocycles. The van der Waals surface area contributed by atoms with E-state index in [0.717, 1.165) is 23.2 Å². The molecule has 13 heavy (non-hydrogen) atoms. The van der Waals surface area contributed by atoms with Gasteiger partial charge in [-0.05, 0) is 12.8 Å². The second kappa shape index (κ2) is 4.11. The first-order chi connectivity index (χ1) is 6.40. The largest absolute Gasteiger partial charge is 0.339 e. The molecule has 1 aromatic heterocycles. The summed E-state index contributed by atoms with van der Waals surface area (Å²) in [6.45, 7) is 0.706. The van der Waals surface area contributed by atoms with Crippen LogP contribution < -0.4 is 5.73 Å². The number of nitrogens with zero attached hydrogens (tertiary/aromatic N) is 2. The molecule has 0 amide bonds. The molecule has 2 rings (SSSR count). The topological polar surface area (TPSA) is 64.9 Å². The van der Waals surface area contributed by atoms with Crippen LogP contribution in [0.1, 0.15) is 30.5 Å². The molecule has 0 atom stereocenters. The Morgan fingerprint density at radius 2 is 2.38 bits per heavy atom. The molecule has 0 bridgehead atoms. The summed E-state index contributed by atoms with van der Waals surface area (Å²) >= 11 is 1.74. The molecule has 72 valence electrons. The van der Waals surface area contributed by atoms with Crippen LogP contribution in [0.5, 0.6) is 0 Å². The molecule has 0 aliphatic heterocycles. The van der Waals surface area contributed by atoms with Gasteiger partial charge in [0.05, 0.1) is 5.75 Å². The van der Waals surface area contributed by atoms with Gasteiger partial charge in [0.25, 0.3) is 0 Å². The molecule has 5 heteroatoms. The molecule has 0 unspecified atom stereocenters. The Hall–Kier alpha value is -0.550. The minimum absolute atomic E-state index is 0.556. The van der Waals surface area contributed by atoms with Crippen molar-refractivity contribution in [1.29, 1.82) is 0 Å². The van der Waals surface area contributed by atoms with Crippen LogP contribution in [0.25, 0.3) is 0 Å². The van der Waals surface area contributed by atoms with Crippen LogP contribution in [0.3, 0.4) is 0 Å². The maximum atomic E-state index is 5.37. The molecule has 4 nitrogen and oxygen atoms in total. The van der Waals surface area contributed by atoms with Crippen molar-refractivity contribution in [3.63, 3.8) is 0 Å². The third-order valence-corrected chi connectivity index (χ3v) is 2.89. The zero-order valence-corrected chi connectivity index (χ0v) is 8.22. The Labute approximate surface area is 81.3 Å². The summed E-state index contributed by atoms with van der Waals surface area (Å²) in [6, 6.07) is 0. The number of rotatable bonds is 5. The average Bonchev–Trinajstić information content (AvgIpc) is 2.88. The third-order valence-electron chi connectivity index (χ3n) is 1.90.